The number of aromatic nitrogens is 4. The number of anilines is 2. The van der Waals surface area contributed by atoms with Crippen LogP contribution in [0.5, 0.6) is 0 Å². The van der Waals surface area contributed by atoms with Gasteiger partial charge in [0.1, 0.15) is 11.8 Å². The van der Waals surface area contributed by atoms with Crippen molar-refractivity contribution >= 4 is 45.5 Å². The van der Waals surface area contributed by atoms with Crippen LogP contribution in [0, 0.1) is 22.7 Å². The third-order valence-corrected chi connectivity index (χ3v) is 8.53. The van der Waals surface area contributed by atoms with Crippen molar-refractivity contribution in [2.24, 2.45) is 0 Å². The zero-order valence-corrected chi connectivity index (χ0v) is 24.9. The molecule has 0 radical (unpaired) electrons. The van der Waals surface area contributed by atoms with Crippen LogP contribution in [0.3, 0.4) is 0 Å². The van der Waals surface area contributed by atoms with E-state index < -0.39 is 6.04 Å². The molecule has 43 heavy (non-hydrogen) atoms. The Hall–Kier alpha value is -4.63. The van der Waals surface area contributed by atoms with Crippen molar-refractivity contribution in [1.29, 1.82) is 10.5 Å². The molecule has 0 amide bonds. The fourth-order valence-electron chi connectivity index (χ4n) is 5.27. The topological polar surface area (TPSA) is 115 Å². The zero-order chi connectivity index (χ0) is 30.0. The minimum Gasteiger partial charge on any atom is -0.377 e. The molecule has 0 unspecified atom stereocenters. The number of fused-ring (bicyclic) bond motifs is 1. The molecule has 0 spiro atoms. The van der Waals surface area contributed by atoms with Gasteiger partial charge in [0.15, 0.2) is 0 Å². The molecule has 1 saturated carbocycles. The molecule has 2 aromatic heterocycles. The summed E-state index contributed by atoms with van der Waals surface area (Å²) in [4.78, 5) is 4.70. The summed E-state index contributed by atoms with van der Waals surface area (Å²) < 4.78 is 1.92. The number of hydrogen-bond acceptors (Lipinski definition) is 7. The smallest absolute Gasteiger partial charge is 0.110 e. The molecule has 8 nitrogen and oxygen atoms in total. The van der Waals surface area contributed by atoms with Crippen LogP contribution in [0.15, 0.2) is 79.1 Å². The predicted molar refractivity (Wildman–Crippen MR) is 169 cm³/mol. The van der Waals surface area contributed by atoms with Gasteiger partial charge in [-0.05, 0) is 55.5 Å². The number of pyridine rings is 1. The zero-order valence-electron chi connectivity index (χ0n) is 23.4. The number of hydrogen-bond donors (Lipinski definition) is 2. The molecular formula is C33H28Cl2N8. The third-order valence-electron chi connectivity index (χ3n) is 7.97. The molecule has 3 aromatic carbocycles. The lowest BCUT2D eigenvalue weighted by atomic mass is 10.00. The first-order valence-corrected chi connectivity index (χ1v) is 14.8. The molecule has 1 aliphatic rings. The molecule has 10 heteroatoms. The maximum absolute atomic E-state index is 10.1. The summed E-state index contributed by atoms with van der Waals surface area (Å²) in [5, 5.41) is 37.3. The van der Waals surface area contributed by atoms with Crippen molar-refractivity contribution in [3.05, 3.63) is 112 Å². The average molecular weight is 608 g/mol. The third kappa shape index (κ3) is 5.85. The van der Waals surface area contributed by atoms with E-state index in [4.69, 9.17) is 28.2 Å². The fraction of sp³-hybridized carbons (Fsp3) is 0.242. The van der Waals surface area contributed by atoms with Crippen LogP contribution in [-0.2, 0) is 5.54 Å². The van der Waals surface area contributed by atoms with Gasteiger partial charge in [0.25, 0.3) is 0 Å². The molecule has 6 rings (SSSR count). The first kappa shape index (κ1) is 28.5. The molecule has 2 atom stereocenters. The van der Waals surface area contributed by atoms with Crippen molar-refractivity contribution in [2.75, 3.05) is 10.6 Å². The molecule has 1 aliphatic carbocycles. The minimum atomic E-state index is -0.451. The van der Waals surface area contributed by atoms with Crippen LogP contribution in [-0.4, -0.2) is 20.0 Å². The molecule has 2 N–H and O–H groups in total. The number of benzene rings is 3. The number of nitrogens with zero attached hydrogens (tertiary/aromatic N) is 6. The van der Waals surface area contributed by atoms with Gasteiger partial charge in [0.05, 0.1) is 52.3 Å². The Bertz CT molecular complexity index is 1870. The molecule has 2 heterocycles. The Labute approximate surface area is 259 Å². The van der Waals surface area contributed by atoms with Crippen molar-refractivity contribution in [1.82, 2.24) is 20.0 Å². The monoisotopic (exact) mass is 606 g/mol. The van der Waals surface area contributed by atoms with E-state index in [1.807, 2.05) is 71.5 Å². The maximum Gasteiger partial charge on any atom is 0.110 e. The Balaban J connectivity index is 1.45. The Morgan fingerprint density at radius 1 is 1.02 bits per heavy atom. The van der Waals surface area contributed by atoms with Gasteiger partial charge in [-0.3, -0.25) is 4.98 Å². The quantitative estimate of drug-likeness (QED) is 0.165. The van der Waals surface area contributed by atoms with Crippen molar-refractivity contribution in [3.63, 3.8) is 0 Å². The summed E-state index contributed by atoms with van der Waals surface area (Å²) in [6.45, 7) is 2.17. The Kier molecular flexibility index (Phi) is 7.90. The minimum absolute atomic E-state index is 0.0182. The molecular weight excluding hydrogens is 579 g/mol. The van der Waals surface area contributed by atoms with Gasteiger partial charge in [-0.2, -0.15) is 10.5 Å². The molecule has 5 aromatic rings. The lowest BCUT2D eigenvalue weighted by Crippen LogP contribution is -2.15. The second kappa shape index (κ2) is 11.9. The number of halogens is 2. The lowest BCUT2D eigenvalue weighted by molar-refractivity contribution is 0.458. The molecule has 214 valence electrons. The van der Waals surface area contributed by atoms with E-state index in [1.54, 1.807) is 12.3 Å². The number of nitriles is 2. The Morgan fingerprint density at radius 3 is 2.51 bits per heavy atom. The maximum atomic E-state index is 10.1. The van der Waals surface area contributed by atoms with E-state index in [1.165, 1.54) is 0 Å². The van der Waals surface area contributed by atoms with Crippen LogP contribution in [0.25, 0.3) is 10.9 Å². The van der Waals surface area contributed by atoms with Gasteiger partial charge >= 0.3 is 0 Å². The highest BCUT2D eigenvalue weighted by molar-refractivity contribution is 6.32. The molecule has 0 bridgehead atoms. The highest BCUT2D eigenvalue weighted by Gasteiger charge is 2.41. The first-order chi connectivity index (χ1) is 20.9. The van der Waals surface area contributed by atoms with Gasteiger partial charge in [-0.25, -0.2) is 4.68 Å². The Morgan fingerprint density at radius 2 is 1.79 bits per heavy atom. The van der Waals surface area contributed by atoms with Gasteiger partial charge in [0.2, 0.25) is 0 Å². The number of rotatable bonds is 10. The largest absolute Gasteiger partial charge is 0.377 e. The van der Waals surface area contributed by atoms with E-state index >= 15 is 0 Å². The summed E-state index contributed by atoms with van der Waals surface area (Å²) in [5.74, 6) is 0. The summed E-state index contributed by atoms with van der Waals surface area (Å²) in [7, 11) is 0. The standard InChI is InChI=1S/C33H28Cl2N8/c1-33(13-14-33)43-20-29(41-42-43)32(24-10-5-6-11-26(24)35)40-28-17-23(34)16-25-30(22(18-37)19-38-31(25)28)39-27(12-7-15-36)21-8-3-2-4-9-21/h2-6,8-11,16-17,19-20,27,32,40H,7,12-14H2,1H3,(H,38,39)/t27-,32+/m1/s1. The van der Waals surface area contributed by atoms with Gasteiger partial charge in [-0.15, -0.1) is 5.10 Å². The van der Waals surface area contributed by atoms with Crippen molar-refractivity contribution in [2.45, 2.75) is 50.2 Å². The SMILES string of the molecule is CC1(n2cc([C@@H](Nc3cc(Cl)cc4c(N[C@H](CCC#N)c5ccccc5)c(C#N)cnc34)c3ccccc3Cl)nn2)CC1. The van der Waals surface area contributed by atoms with Crippen molar-refractivity contribution < 1.29 is 0 Å². The van der Waals surface area contributed by atoms with E-state index in [0.717, 1.165) is 24.0 Å². The number of nitrogens with one attached hydrogen (secondary N) is 2. The summed E-state index contributed by atoms with van der Waals surface area (Å²) >= 11 is 13.4. The summed E-state index contributed by atoms with van der Waals surface area (Å²) in [6, 6.07) is 25.0. The summed E-state index contributed by atoms with van der Waals surface area (Å²) in [5.41, 5.74) is 4.79. The second-order valence-electron chi connectivity index (χ2n) is 11.0. The van der Waals surface area contributed by atoms with Crippen LogP contribution in [0.4, 0.5) is 11.4 Å². The van der Waals surface area contributed by atoms with Crippen LogP contribution >= 0.6 is 23.2 Å². The van der Waals surface area contributed by atoms with Crippen molar-refractivity contribution in [3.8, 4) is 12.1 Å². The predicted octanol–water partition coefficient (Wildman–Crippen LogP) is 8.17. The highest BCUT2D eigenvalue weighted by Crippen LogP contribution is 2.43. The van der Waals surface area contributed by atoms with Gasteiger partial charge in [0, 0.05) is 28.0 Å². The first-order valence-electron chi connectivity index (χ1n) is 14.0. The molecule has 0 saturated heterocycles. The van der Waals surface area contributed by atoms with Gasteiger partial charge < -0.3 is 10.6 Å². The van der Waals surface area contributed by atoms with Crippen LogP contribution < -0.4 is 10.6 Å². The second-order valence-corrected chi connectivity index (χ2v) is 11.8. The molecule has 1 fully saturated rings. The highest BCUT2D eigenvalue weighted by atomic mass is 35.5. The van der Waals surface area contributed by atoms with Crippen LogP contribution in [0.2, 0.25) is 10.0 Å². The van der Waals surface area contributed by atoms with E-state index in [0.29, 0.717) is 56.4 Å². The fourth-order valence-corrected chi connectivity index (χ4v) is 5.73. The summed E-state index contributed by atoms with van der Waals surface area (Å²) in [6.07, 6.45) is 6.55. The van der Waals surface area contributed by atoms with E-state index in [9.17, 15) is 10.5 Å². The van der Waals surface area contributed by atoms with E-state index in [2.05, 4.69) is 40.0 Å². The van der Waals surface area contributed by atoms with Gasteiger partial charge in [-0.1, -0.05) is 76.9 Å². The van der Waals surface area contributed by atoms with E-state index in [-0.39, 0.29) is 11.6 Å². The molecule has 0 aliphatic heterocycles. The lowest BCUT2D eigenvalue weighted by Gasteiger charge is -2.23. The average Bonchev–Trinajstić information content (AvgIpc) is 3.57. The normalized spacial score (nSPS) is 14.8. The van der Waals surface area contributed by atoms with Crippen LogP contribution in [0.1, 0.15) is 67.1 Å².